The van der Waals surface area contributed by atoms with Crippen molar-refractivity contribution in [3.63, 3.8) is 0 Å². The van der Waals surface area contributed by atoms with Gasteiger partial charge in [-0.2, -0.15) is 0 Å². The van der Waals surface area contributed by atoms with Crippen LogP contribution in [-0.4, -0.2) is 19.9 Å². The van der Waals surface area contributed by atoms with E-state index in [1.165, 1.54) is 12.4 Å². The van der Waals surface area contributed by atoms with Gasteiger partial charge in [-0.05, 0) is 6.07 Å². The first kappa shape index (κ1) is 9.05. The zero-order valence-electron chi connectivity index (χ0n) is 6.79. The fourth-order valence-corrected chi connectivity index (χ4v) is 0.564. The molecular weight excluding hydrogens is 168 g/mol. The van der Waals surface area contributed by atoms with Crippen molar-refractivity contribution >= 4 is 0 Å². The fourth-order valence-electron chi connectivity index (χ4n) is 0.564. The molecule has 1 N–H and O–H groups in total. The van der Waals surface area contributed by atoms with Crippen molar-refractivity contribution in [3.8, 4) is 0 Å². The molecule has 2 heterocycles. The Morgan fingerprint density at radius 2 is 1.62 bits per heavy atom. The number of aromatic amines is 1. The highest BCUT2D eigenvalue weighted by Gasteiger charge is 1.70. The first-order valence-electron chi connectivity index (χ1n) is 3.59. The highest BCUT2D eigenvalue weighted by Crippen LogP contribution is 1.65. The molecule has 2 rings (SSSR count). The van der Waals surface area contributed by atoms with Crippen molar-refractivity contribution in [2.75, 3.05) is 0 Å². The average molecular weight is 176 g/mol. The van der Waals surface area contributed by atoms with Crippen molar-refractivity contribution in [1.29, 1.82) is 0 Å². The lowest BCUT2D eigenvalue weighted by atomic mass is 10.7. The van der Waals surface area contributed by atoms with E-state index < -0.39 is 0 Å². The monoisotopic (exact) mass is 176 g/mol. The number of H-pyrrole nitrogens is 1. The zero-order valence-corrected chi connectivity index (χ0v) is 6.79. The quantitative estimate of drug-likeness (QED) is 0.624. The van der Waals surface area contributed by atoms with Gasteiger partial charge in [0.25, 0.3) is 0 Å². The van der Waals surface area contributed by atoms with Crippen LogP contribution in [0.4, 0.5) is 0 Å². The minimum Gasteiger partial charge on any atom is -0.313 e. The second-order valence-electron chi connectivity index (χ2n) is 1.98. The van der Waals surface area contributed by atoms with Crippen LogP contribution >= 0.6 is 0 Å². The molecule has 0 fully saturated rings. The highest BCUT2D eigenvalue weighted by atomic mass is 16.1. The number of aromatic nitrogens is 4. The molecule has 5 heteroatoms. The molecule has 0 spiro atoms. The average Bonchev–Trinajstić information content (AvgIpc) is 2.22. The molecule has 0 saturated carbocycles. The number of rotatable bonds is 0. The van der Waals surface area contributed by atoms with Crippen molar-refractivity contribution in [1.82, 2.24) is 19.9 Å². The van der Waals surface area contributed by atoms with E-state index in [2.05, 4.69) is 19.9 Å². The number of hydrogen-bond donors (Lipinski definition) is 1. The van der Waals surface area contributed by atoms with E-state index in [0.29, 0.717) is 0 Å². The molecule has 0 aromatic carbocycles. The Hall–Kier alpha value is -2.04. The van der Waals surface area contributed by atoms with Crippen LogP contribution in [-0.2, 0) is 0 Å². The fraction of sp³-hybridized carbons (Fsp3) is 0. The summed E-state index contributed by atoms with van der Waals surface area (Å²) in [4.78, 5) is 23.3. The van der Waals surface area contributed by atoms with Gasteiger partial charge >= 0.3 is 5.69 Å². The second kappa shape index (κ2) is 5.59. The van der Waals surface area contributed by atoms with Gasteiger partial charge in [0.05, 0.1) is 0 Å². The van der Waals surface area contributed by atoms with Gasteiger partial charge in [0, 0.05) is 37.2 Å². The van der Waals surface area contributed by atoms with E-state index in [0.717, 1.165) is 0 Å². The minimum absolute atomic E-state index is 0.303. The number of nitrogens with zero attached hydrogens (tertiary/aromatic N) is 3. The molecule has 0 saturated heterocycles. The Morgan fingerprint density at radius 1 is 1.00 bits per heavy atom. The van der Waals surface area contributed by atoms with Crippen LogP contribution in [0, 0.1) is 0 Å². The number of hydrogen-bond acceptors (Lipinski definition) is 4. The molecule has 0 radical (unpaired) electrons. The predicted molar refractivity (Wildman–Crippen MR) is 46.9 cm³/mol. The summed E-state index contributed by atoms with van der Waals surface area (Å²) < 4.78 is 0. The van der Waals surface area contributed by atoms with Gasteiger partial charge in [-0.25, -0.2) is 9.78 Å². The lowest BCUT2D eigenvalue weighted by Crippen LogP contribution is -2.05. The molecule has 0 unspecified atom stereocenters. The Morgan fingerprint density at radius 3 is 1.85 bits per heavy atom. The van der Waals surface area contributed by atoms with E-state index >= 15 is 0 Å². The van der Waals surface area contributed by atoms with Crippen LogP contribution in [0.3, 0.4) is 0 Å². The molecule has 2 aromatic rings. The van der Waals surface area contributed by atoms with Crippen LogP contribution in [0.2, 0.25) is 0 Å². The van der Waals surface area contributed by atoms with Gasteiger partial charge in [-0.15, -0.1) is 0 Å². The van der Waals surface area contributed by atoms with Crippen molar-refractivity contribution < 1.29 is 0 Å². The molecular formula is C8H8N4O. The maximum atomic E-state index is 10.1. The third kappa shape index (κ3) is 4.41. The topological polar surface area (TPSA) is 71.5 Å². The Bertz CT molecular complexity index is 329. The largest absolute Gasteiger partial charge is 0.344 e. The lowest BCUT2D eigenvalue weighted by molar-refractivity contribution is 1.08. The summed E-state index contributed by atoms with van der Waals surface area (Å²) in [6.45, 7) is 0. The maximum absolute atomic E-state index is 10.1. The van der Waals surface area contributed by atoms with Crippen LogP contribution in [0.15, 0.2) is 48.0 Å². The van der Waals surface area contributed by atoms with Crippen LogP contribution in [0.1, 0.15) is 0 Å². The van der Waals surface area contributed by atoms with E-state index in [4.69, 9.17) is 0 Å². The maximum Gasteiger partial charge on any atom is 0.344 e. The van der Waals surface area contributed by atoms with Crippen molar-refractivity contribution in [3.05, 3.63) is 53.7 Å². The molecule has 5 nitrogen and oxygen atoms in total. The van der Waals surface area contributed by atoms with Crippen LogP contribution in [0.25, 0.3) is 0 Å². The molecule has 0 amide bonds. The molecule has 66 valence electrons. The van der Waals surface area contributed by atoms with E-state index in [-0.39, 0.29) is 5.69 Å². The third-order valence-corrected chi connectivity index (χ3v) is 1.06. The Kier molecular flexibility index (Phi) is 3.89. The highest BCUT2D eigenvalue weighted by molar-refractivity contribution is 4.75. The molecule has 0 atom stereocenters. The first-order valence-corrected chi connectivity index (χ1v) is 3.59. The van der Waals surface area contributed by atoms with Gasteiger partial charge in [-0.1, -0.05) is 0 Å². The van der Waals surface area contributed by atoms with Crippen molar-refractivity contribution in [2.24, 2.45) is 0 Å². The molecule has 0 aliphatic carbocycles. The van der Waals surface area contributed by atoms with E-state index in [1.54, 1.807) is 30.9 Å². The summed E-state index contributed by atoms with van der Waals surface area (Å²) in [6.07, 6.45) is 9.54. The third-order valence-electron chi connectivity index (χ3n) is 1.06. The molecule has 0 aliphatic rings. The van der Waals surface area contributed by atoms with Gasteiger partial charge in [-0.3, -0.25) is 9.97 Å². The summed E-state index contributed by atoms with van der Waals surface area (Å²) in [6, 6.07) is 1.65. The van der Waals surface area contributed by atoms with Crippen LogP contribution in [0.5, 0.6) is 0 Å². The SMILES string of the molecule is O=c1nccc[nH]1.c1cnccn1. The van der Waals surface area contributed by atoms with Crippen LogP contribution < -0.4 is 5.69 Å². The van der Waals surface area contributed by atoms with E-state index in [9.17, 15) is 4.79 Å². The van der Waals surface area contributed by atoms with Gasteiger partial charge in [0.2, 0.25) is 0 Å². The summed E-state index contributed by atoms with van der Waals surface area (Å²) >= 11 is 0. The Balaban J connectivity index is 0.000000132. The minimum atomic E-state index is -0.303. The second-order valence-corrected chi connectivity index (χ2v) is 1.98. The first-order chi connectivity index (χ1) is 6.39. The van der Waals surface area contributed by atoms with Gasteiger partial charge in [0.1, 0.15) is 0 Å². The summed E-state index contributed by atoms with van der Waals surface area (Å²) in [5.74, 6) is 0. The lowest BCUT2D eigenvalue weighted by Gasteiger charge is -1.72. The smallest absolute Gasteiger partial charge is 0.313 e. The molecule has 2 aromatic heterocycles. The molecule has 13 heavy (non-hydrogen) atoms. The van der Waals surface area contributed by atoms with Gasteiger partial charge < -0.3 is 4.98 Å². The summed E-state index contributed by atoms with van der Waals surface area (Å²) in [7, 11) is 0. The summed E-state index contributed by atoms with van der Waals surface area (Å²) in [5.41, 5.74) is -0.303. The van der Waals surface area contributed by atoms with Gasteiger partial charge in [0.15, 0.2) is 0 Å². The number of nitrogens with one attached hydrogen (secondary N) is 1. The normalized spacial score (nSPS) is 8.31. The standard InChI is InChI=1S/C4H4N2O.C4H4N2/c7-4-5-2-1-3-6-4;1-2-6-4-3-5-1/h1-3H,(H,5,6,7);1-4H. The van der Waals surface area contributed by atoms with E-state index in [1.807, 2.05) is 0 Å². The van der Waals surface area contributed by atoms with Crippen molar-refractivity contribution in [2.45, 2.75) is 0 Å². The summed E-state index contributed by atoms with van der Waals surface area (Å²) in [5, 5.41) is 0. The molecule has 0 aliphatic heterocycles. The zero-order chi connectivity index (χ0) is 9.36. The predicted octanol–water partition coefficient (Wildman–Crippen LogP) is 0.246. The Labute approximate surface area is 74.5 Å². The molecule has 0 bridgehead atoms.